The fraction of sp³-hybridized carbons (Fsp3) is 0.125. The van der Waals surface area contributed by atoms with E-state index in [4.69, 9.17) is 11.5 Å². The Kier molecular flexibility index (Phi) is 5.06. The quantitative estimate of drug-likeness (QED) is 0.501. The van der Waals surface area contributed by atoms with Crippen molar-refractivity contribution in [3.05, 3.63) is 59.7 Å². The molecule has 0 fully saturated rings. The highest BCUT2D eigenvalue weighted by molar-refractivity contribution is 8.00. The summed E-state index contributed by atoms with van der Waals surface area (Å²) in [5.41, 5.74) is 12.7. The number of hydrogen-bond acceptors (Lipinski definition) is 5. The SMILES string of the molecule is COC(=O)c1ccc(N)c([C@@H](Sc2ccccc2)C(N)=O)c1. The summed E-state index contributed by atoms with van der Waals surface area (Å²) in [5, 5.41) is -0.688. The fourth-order valence-electron chi connectivity index (χ4n) is 1.96. The van der Waals surface area contributed by atoms with Gasteiger partial charge in [0.05, 0.1) is 12.7 Å². The monoisotopic (exact) mass is 316 g/mol. The van der Waals surface area contributed by atoms with Gasteiger partial charge in [-0.05, 0) is 35.9 Å². The lowest BCUT2D eigenvalue weighted by Gasteiger charge is -2.16. The van der Waals surface area contributed by atoms with Gasteiger partial charge in [-0.15, -0.1) is 11.8 Å². The Morgan fingerprint density at radius 3 is 2.41 bits per heavy atom. The number of ether oxygens (including phenoxy) is 1. The first-order valence-electron chi connectivity index (χ1n) is 6.51. The molecule has 0 unspecified atom stereocenters. The van der Waals surface area contributed by atoms with E-state index in [2.05, 4.69) is 4.74 Å². The zero-order valence-corrected chi connectivity index (χ0v) is 12.8. The number of thioether (sulfide) groups is 1. The molecule has 2 aromatic rings. The number of carbonyl (C=O) groups excluding carboxylic acids is 2. The molecular weight excluding hydrogens is 300 g/mol. The second-order valence-electron chi connectivity index (χ2n) is 4.55. The van der Waals surface area contributed by atoms with Crippen LogP contribution in [0.1, 0.15) is 21.2 Å². The molecule has 22 heavy (non-hydrogen) atoms. The Morgan fingerprint density at radius 1 is 1.14 bits per heavy atom. The molecule has 1 amide bonds. The maximum atomic E-state index is 11.8. The van der Waals surface area contributed by atoms with Crippen LogP contribution >= 0.6 is 11.8 Å². The van der Waals surface area contributed by atoms with E-state index in [0.717, 1.165) is 4.90 Å². The molecule has 0 aromatic heterocycles. The van der Waals surface area contributed by atoms with E-state index in [-0.39, 0.29) is 0 Å². The molecule has 114 valence electrons. The summed E-state index contributed by atoms with van der Waals surface area (Å²) >= 11 is 1.29. The smallest absolute Gasteiger partial charge is 0.337 e. The molecule has 0 heterocycles. The number of primary amides is 1. The van der Waals surface area contributed by atoms with Crippen molar-refractivity contribution in [1.29, 1.82) is 0 Å². The highest BCUT2D eigenvalue weighted by Crippen LogP contribution is 2.37. The molecular formula is C16H16N2O3S. The average Bonchev–Trinajstić information content (AvgIpc) is 2.53. The minimum atomic E-state index is -0.688. The number of rotatable bonds is 5. The van der Waals surface area contributed by atoms with E-state index >= 15 is 0 Å². The molecule has 0 aliphatic rings. The number of methoxy groups -OCH3 is 1. The van der Waals surface area contributed by atoms with Crippen LogP contribution in [0.15, 0.2) is 53.4 Å². The van der Waals surface area contributed by atoms with E-state index in [1.807, 2.05) is 30.3 Å². The number of carbonyl (C=O) groups is 2. The highest BCUT2D eigenvalue weighted by Gasteiger charge is 2.23. The largest absolute Gasteiger partial charge is 0.465 e. The van der Waals surface area contributed by atoms with Crippen molar-refractivity contribution in [2.24, 2.45) is 5.73 Å². The lowest BCUT2D eigenvalue weighted by atomic mass is 10.1. The van der Waals surface area contributed by atoms with Crippen LogP contribution in [0, 0.1) is 0 Å². The molecule has 0 saturated heterocycles. The van der Waals surface area contributed by atoms with Crippen LogP contribution < -0.4 is 11.5 Å². The Hall–Kier alpha value is -2.47. The van der Waals surface area contributed by atoms with Gasteiger partial charge >= 0.3 is 5.97 Å². The maximum Gasteiger partial charge on any atom is 0.337 e. The van der Waals surface area contributed by atoms with Crippen molar-refractivity contribution in [3.8, 4) is 0 Å². The second kappa shape index (κ2) is 7.00. The molecule has 0 radical (unpaired) electrons. The number of esters is 1. The van der Waals surface area contributed by atoms with Gasteiger partial charge < -0.3 is 16.2 Å². The maximum absolute atomic E-state index is 11.8. The minimum absolute atomic E-state index is 0.326. The lowest BCUT2D eigenvalue weighted by Crippen LogP contribution is -2.20. The number of anilines is 1. The Bertz CT molecular complexity index is 689. The first-order chi connectivity index (χ1) is 10.5. The van der Waals surface area contributed by atoms with E-state index in [1.54, 1.807) is 18.2 Å². The van der Waals surface area contributed by atoms with Crippen molar-refractivity contribution in [1.82, 2.24) is 0 Å². The van der Waals surface area contributed by atoms with Gasteiger partial charge in [0, 0.05) is 10.6 Å². The van der Waals surface area contributed by atoms with Gasteiger partial charge in [0.15, 0.2) is 0 Å². The molecule has 0 spiro atoms. The van der Waals surface area contributed by atoms with Crippen LogP contribution in [-0.4, -0.2) is 19.0 Å². The van der Waals surface area contributed by atoms with Crippen molar-refractivity contribution in [2.45, 2.75) is 10.1 Å². The van der Waals surface area contributed by atoms with Crippen LogP contribution in [0.25, 0.3) is 0 Å². The average molecular weight is 316 g/mol. The lowest BCUT2D eigenvalue weighted by molar-refractivity contribution is -0.117. The van der Waals surface area contributed by atoms with Gasteiger partial charge in [-0.25, -0.2) is 4.79 Å². The van der Waals surface area contributed by atoms with Crippen LogP contribution in [-0.2, 0) is 9.53 Å². The number of nitrogen functional groups attached to an aromatic ring is 1. The minimum Gasteiger partial charge on any atom is -0.465 e. The summed E-state index contributed by atoms with van der Waals surface area (Å²) in [4.78, 5) is 24.4. The molecule has 0 bridgehead atoms. The molecule has 4 N–H and O–H groups in total. The molecule has 1 atom stereocenters. The Balaban J connectivity index is 2.40. The summed E-state index contributed by atoms with van der Waals surface area (Å²) in [6.45, 7) is 0. The van der Waals surface area contributed by atoms with Gasteiger partial charge in [-0.2, -0.15) is 0 Å². The van der Waals surface area contributed by atoms with Crippen molar-refractivity contribution >= 4 is 29.3 Å². The molecule has 2 rings (SSSR count). The summed E-state index contributed by atoms with van der Waals surface area (Å²) in [6.07, 6.45) is 0. The van der Waals surface area contributed by atoms with Gasteiger partial charge in [-0.3, -0.25) is 4.79 Å². The van der Waals surface area contributed by atoms with Crippen molar-refractivity contribution in [3.63, 3.8) is 0 Å². The number of hydrogen-bond donors (Lipinski definition) is 2. The summed E-state index contributed by atoms with van der Waals surface area (Å²) in [7, 11) is 1.29. The fourth-order valence-corrected chi connectivity index (χ4v) is 2.99. The standard InChI is InChI=1S/C16H16N2O3S/c1-21-16(20)10-7-8-13(17)12(9-10)14(15(18)19)22-11-5-3-2-4-6-11/h2-9,14H,17H2,1H3,(H2,18,19)/t14-/m1/s1. The third kappa shape index (κ3) is 3.59. The summed E-state index contributed by atoms with van der Waals surface area (Å²) in [5.74, 6) is -1.02. The predicted molar refractivity (Wildman–Crippen MR) is 86.4 cm³/mol. The van der Waals surface area contributed by atoms with Gasteiger partial charge in [0.2, 0.25) is 5.91 Å². The summed E-state index contributed by atoms with van der Waals surface area (Å²) < 4.78 is 4.69. The first kappa shape index (κ1) is 15.9. The van der Waals surface area contributed by atoms with Gasteiger partial charge in [0.1, 0.15) is 5.25 Å². The normalized spacial score (nSPS) is 11.7. The molecule has 6 heteroatoms. The zero-order chi connectivity index (χ0) is 16.1. The van der Waals surface area contributed by atoms with E-state index < -0.39 is 17.1 Å². The van der Waals surface area contributed by atoms with Crippen molar-refractivity contribution in [2.75, 3.05) is 12.8 Å². The zero-order valence-electron chi connectivity index (χ0n) is 12.0. The highest BCUT2D eigenvalue weighted by atomic mass is 32.2. The van der Waals surface area contributed by atoms with E-state index in [0.29, 0.717) is 16.8 Å². The molecule has 0 aliphatic carbocycles. The number of benzene rings is 2. The molecule has 2 aromatic carbocycles. The molecule has 5 nitrogen and oxygen atoms in total. The van der Waals surface area contributed by atoms with Crippen LogP contribution in [0.3, 0.4) is 0 Å². The third-order valence-electron chi connectivity index (χ3n) is 3.05. The second-order valence-corrected chi connectivity index (χ2v) is 5.73. The molecule has 0 aliphatic heterocycles. The molecule has 0 saturated carbocycles. The summed E-state index contributed by atoms with van der Waals surface area (Å²) in [6, 6.07) is 14.0. The third-order valence-corrected chi connectivity index (χ3v) is 4.31. The topological polar surface area (TPSA) is 95.4 Å². The van der Waals surface area contributed by atoms with Crippen LogP contribution in [0.5, 0.6) is 0 Å². The van der Waals surface area contributed by atoms with Crippen LogP contribution in [0.2, 0.25) is 0 Å². The van der Waals surface area contributed by atoms with Crippen molar-refractivity contribution < 1.29 is 14.3 Å². The number of nitrogens with two attached hydrogens (primary N) is 2. The Labute approximate surface area is 132 Å². The van der Waals surface area contributed by atoms with E-state index in [1.165, 1.54) is 18.9 Å². The van der Waals surface area contributed by atoms with Gasteiger partial charge in [-0.1, -0.05) is 18.2 Å². The first-order valence-corrected chi connectivity index (χ1v) is 7.39. The van der Waals surface area contributed by atoms with Crippen LogP contribution in [0.4, 0.5) is 5.69 Å². The van der Waals surface area contributed by atoms with E-state index in [9.17, 15) is 9.59 Å². The predicted octanol–water partition coefficient (Wildman–Crippen LogP) is 2.37. The number of amides is 1. The van der Waals surface area contributed by atoms with Gasteiger partial charge in [0.25, 0.3) is 0 Å². The Morgan fingerprint density at radius 2 is 1.82 bits per heavy atom.